The van der Waals surface area contributed by atoms with Crippen LogP contribution in [-0.4, -0.2) is 23.9 Å². The summed E-state index contributed by atoms with van der Waals surface area (Å²) < 4.78 is 5.32. The molecule has 1 N–H and O–H groups in total. The number of hydrogen-bond acceptors (Lipinski definition) is 2. The molecule has 0 aromatic heterocycles. The van der Waals surface area contributed by atoms with Gasteiger partial charge in [-0.3, -0.25) is 0 Å². The lowest BCUT2D eigenvalue weighted by atomic mass is 9.83. The number of aliphatic hydroxyl groups is 1. The molecule has 0 bridgehead atoms. The minimum atomic E-state index is -0.288. The van der Waals surface area contributed by atoms with Gasteiger partial charge in [0.1, 0.15) is 0 Å². The summed E-state index contributed by atoms with van der Waals surface area (Å²) in [5, 5.41) is 9.87. The third-order valence-corrected chi connectivity index (χ3v) is 3.09. The van der Waals surface area contributed by atoms with Crippen molar-refractivity contribution >= 4 is 0 Å². The predicted octanol–water partition coefficient (Wildman–Crippen LogP) is 1.18. The Hall–Kier alpha value is -0.0800. The Bertz CT molecular complexity index is 152. The summed E-state index contributed by atoms with van der Waals surface area (Å²) in [5.41, 5.74) is -0.288. The molecule has 1 aliphatic heterocycles. The lowest BCUT2D eigenvalue weighted by molar-refractivity contribution is -0.0417. The minimum absolute atomic E-state index is 0.288. The lowest BCUT2D eigenvalue weighted by Gasteiger charge is -2.32. The van der Waals surface area contributed by atoms with E-state index in [1.165, 1.54) is 0 Å². The first kappa shape index (κ1) is 7.56. The summed E-state index contributed by atoms with van der Waals surface area (Å²) in [7, 11) is 0. The zero-order valence-corrected chi connectivity index (χ0v) is 7.05. The van der Waals surface area contributed by atoms with Crippen LogP contribution in [-0.2, 0) is 4.74 Å². The highest BCUT2D eigenvalue weighted by Crippen LogP contribution is 2.47. The molecule has 64 valence electrons. The van der Waals surface area contributed by atoms with Gasteiger partial charge in [0, 0.05) is 13.2 Å². The van der Waals surface area contributed by atoms with Gasteiger partial charge in [0.05, 0.1) is 5.60 Å². The molecule has 0 aromatic rings. The maximum Gasteiger partial charge on any atom is 0.0682 e. The second-order valence-electron chi connectivity index (χ2n) is 4.05. The van der Waals surface area contributed by atoms with E-state index in [9.17, 15) is 5.11 Å². The van der Waals surface area contributed by atoms with Crippen molar-refractivity contribution in [2.24, 2.45) is 11.8 Å². The van der Waals surface area contributed by atoms with Gasteiger partial charge < -0.3 is 9.84 Å². The van der Waals surface area contributed by atoms with Gasteiger partial charge in [-0.15, -0.1) is 0 Å². The van der Waals surface area contributed by atoms with Crippen molar-refractivity contribution in [1.82, 2.24) is 0 Å². The summed E-state index contributed by atoms with van der Waals surface area (Å²) in [6, 6.07) is 0. The Morgan fingerprint density at radius 3 is 2.73 bits per heavy atom. The number of rotatable bonds is 1. The summed E-state index contributed by atoms with van der Waals surface area (Å²) in [5.74, 6) is 1.06. The van der Waals surface area contributed by atoms with Crippen molar-refractivity contribution in [3.8, 4) is 0 Å². The summed E-state index contributed by atoms with van der Waals surface area (Å²) in [6.45, 7) is 3.87. The molecule has 2 aliphatic rings. The van der Waals surface area contributed by atoms with Crippen LogP contribution in [0.15, 0.2) is 0 Å². The van der Waals surface area contributed by atoms with E-state index in [4.69, 9.17) is 4.74 Å². The first-order valence-corrected chi connectivity index (χ1v) is 4.52. The molecule has 2 fully saturated rings. The van der Waals surface area contributed by atoms with Gasteiger partial charge in [-0.2, -0.15) is 0 Å². The van der Waals surface area contributed by atoms with Crippen LogP contribution in [0.5, 0.6) is 0 Å². The smallest absolute Gasteiger partial charge is 0.0682 e. The molecule has 1 saturated carbocycles. The van der Waals surface area contributed by atoms with E-state index in [0.717, 1.165) is 32.5 Å². The third kappa shape index (κ3) is 1.30. The number of hydrogen-bond donors (Lipinski definition) is 1. The van der Waals surface area contributed by atoms with E-state index in [1.807, 2.05) is 0 Å². The molecule has 2 unspecified atom stereocenters. The van der Waals surface area contributed by atoms with Crippen LogP contribution >= 0.6 is 0 Å². The number of ether oxygens (including phenoxy) is 1. The highest BCUT2D eigenvalue weighted by Gasteiger charge is 2.49. The monoisotopic (exact) mass is 156 g/mol. The van der Waals surface area contributed by atoms with Crippen LogP contribution in [0.4, 0.5) is 0 Å². The summed E-state index contributed by atoms with van der Waals surface area (Å²) in [6.07, 6.45) is 3.09. The van der Waals surface area contributed by atoms with Crippen molar-refractivity contribution in [3.05, 3.63) is 0 Å². The Balaban J connectivity index is 1.99. The highest BCUT2D eigenvalue weighted by molar-refractivity contribution is 5.01. The molecule has 1 heterocycles. The molecule has 1 saturated heterocycles. The van der Waals surface area contributed by atoms with Crippen LogP contribution in [0.2, 0.25) is 0 Å². The fourth-order valence-corrected chi connectivity index (χ4v) is 2.18. The first-order valence-electron chi connectivity index (χ1n) is 4.52. The van der Waals surface area contributed by atoms with Gasteiger partial charge >= 0.3 is 0 Å². The van der Waals surface area contributed by atoms with Gasteiger partial charge in [-0.25, -0.2) is 0 Å². The van der Waals surface area contributed by atoms with Gasteiger partial charge in [-0.1, -0.05) is 6.92 Å². The van der Waals surface area contributed by atoms with Crippen molar-refractivity contribution < 1.29 is 9.84 Å². The average molecular weight is 156 g/mol. The molecular formula is C9H16O2. The molecular weight excluding hydrogens is 140 g/mol. The van der Waals surface area contributed by atoms with Gasteiger partial charge in [-0.05, 0) is 31.1 Å². The van der Waals surface area contributed by atoms with Gasteiger partial charge in [0.15, 0.2) is 0 Å². The molecule has 0 aromatic carbocycles. The minimum Gasteiger partial charge on any atom is -0.390 e. The second kappa shape index (κ2) is 2.46. The van der Waals surface area contributed by atoms with Crippen LogP contribution in [0, 0.1) is 11.8 Å². The zero-order chi connectivity index (χ0) is 7.90. The summed E-state index contributed by atoms with van der Waals surface area (Å²) >= 11 is 0. The Labute approximate surface area is 67.6 Å². The van der Waals surface area contributed by atoms with Crippen LogP contribution < -0.4 is 0 Å². The highest BCUT2D eigenvalue weighted by atomic mass is 16.5. The lowest BCUT2D eigenvalue weighted by Crippen LogP contribution is -2.35. The van der Waals surface area contributed by atoms with E-state index in [1.54, 1.807) is 0 Å². The first-order chi connectivity index (χ1) is 5.22. The van der Waals surface area contributed by atoms with Gasteiger partial charge in [0.25, 0.3) is 0 Å². The average Bonchev–Trinajstić information content (AvgIpc) is 2.70. The van der Waals surface area contributed by atoms with E-state index >= 15 is 0 Å². The molecule has 1 aliphatic carbocycles. The maximum absolute atomic E-state index is 9.87. The molecule has 2 heteroatoms. The molecule has 11 heavy (non-hydrogen) atoms. The van der Waals surface area contributed by atoms with Crippen LogP contribution in [0.3, 0.4) is 0 Å². The topological polar surface area (TPSA) is 29.5 Å². The predicted molar refractivity (Wildman–Crippen MR) is 42.3 cm³/mol. The SMILES string of the molecule is CC1COCCC1C1(O)CC1. The largest absolute Gasteiger partial charge is 0.390 e. The van der Waals surface area contributed by atoms with Crippen molar-refractivity contribution in [2.45, 2.75) is 31.8 Å². The molecule has 2 rings (SSSR count). The quantitative estimate of drug-likeness (QED) is 0.618. The van der Waals surface area contributed by atoms with Crippen molar-refractivity contribution in [3.63, 3.8) is 0 Å². The van der Waals surface area contributed by atoms with E-state index < -0.39 is 0 Å². The molecule has 0 amide bonds. The maximum atomic E-state index is 9.87. The Morgan fingerprint density at radius 1 is 1.45 bits per heavy atom. The van der Waals surface area contributed by atoms with Crippen LogP contribution in [0.25, 0.3) is 0 Å². The van der Waals surface area contributed by atoms with E-state index in [0.29, 0.717) is 11.8 Å². The van der Waals surface area contributed by atoms with Crippen LogP contribution in [0.1, 0.15) is 26.2 Å². The Morgan fingerprint density at radius 2 is 2.18 bits per heavy atom. The van der Waals surface area contributed by atoms with Gasteiger partial charge in [0.2, 0.25) is 0 Å². The molecule has 2 atom stereocenters. The standard InChI is InChI=1S/C9H16O2/c1-7-6-11-5-2-8(7)9(10)3-4-9/h7-8,10H,2-6H2,1H3. The second-order valence-corrected chi connectivity index (χ2v) is 4.05. The fourth-order valence-electron chi connectivity index (χ4n) is 2.18. The van der Waals surface area contributed by atoms with Crippen molar-refractivity contribution in [1.29, 1.82) is 0 Å². The zero-order valence-electron chi connectivity index (χ0n) is 7.05. The summed E-state index contributed by atoms with van der Waals surface area (Å²) in [4.78, 5) is 0. The normalized spacial score (nSPS) is 42.0. The van der Waals surface area contributed by atoms with Crippen molar-refractivity contribution in [2.75, 3.05) is 13.2 Å². The third-order valence-electron chi connectivity index (χ3n) is 3.09. The van der Waals surface area contributed by atoms with E-state index in [-0.39, 0.29) is 5.60 Å². The molecule has 0 spiro atoms. The fraction of sp³-hybridized carbons (Fsp3) is 1.00. The Kier molecular flexibility index (Phi) is 1.69. The molecule has 2 nitrogen and oxygen atoms in total. The molecule has 0 radical (unpaired) electrons. The van der Waals surface area contributed by atoms with E-state index in [2.05, 4.69) is 6.92 Å².